The second-order valence-corrected chi connectivity index (χ2v) is 6.61. The molecular formula is C20H23N5O3S. The highest BCUT2D eigenvalue weighted by Gasteiger charge is 2.23. The summed E-state index contributed by atoms with van der Waals surface area (Å²) in [6.07, 6.45) is 1.64. The van der Waals surface area contributed by atoms with Crippen molar-refractivity contribution in [3.63, 3.8) is 0 Å². The highest BCUT2D eigenvalue weighted by Crippen LogP contribution is 2.39. The predicted molar refractivity (Wildman–Crippen MR) is 118 cm³/mol. The van der Waals surface area contributed by atoms with E-state index in [2.05, 4.69) is 21.6 Å². The first kappa shape index (κ1) is 20.6. The number of hydrogen-bond donors (Lipinski definition) is 3. The molecule has 2 amide bonds. The fourth-order valence-electron chi connectivity index (χ4n) is 2.94. The maximum atomic E-state index is 12.8. The summed E-state index contributed by atoms with van der Waals surface area (Å²) in [7, 11) is 3.13. The second-order valence-electron chi connectivity index (χ2n) is 6.17. The van der Waals surface area contributed by atoms with Gasteiger partial charge in [-0.25, -0.2) is 4.79 Å². The number of nitrogens with one attached hydrogen (secondary N) is 2. The predicted octanol–water partition coefficient (Wildman–Crippen LogP) is 3.54. The van der Waals surface area contributed by atoms with Crippen molar-refractivity contribution in [2.45, 2.75) is 6.54 Å². The van der Waals surface area contributed by atoms with Gasteiger partial charge in [0, 0.05) is 41.4 Å². The summed E-state index contributed by atoms with van der Waals surface area (Å²) in [5.41, 5.74) is 3.67. The van der Waals surface area contributed by atoms with Crippen LogP contribution in [-0.2, 0) is 6.54 Å². The molecule has 0 spiro atoms. The van der Waals surface area contributed by atoms with Gasteiger partial charge < -0.3 is 19.5 Å². The van der Waals surface area contributed by atoms with Gasteiger partial charge in [-0.2, -0.15) is 0 Å². The molecule has 3 rings (SSSR count). The number of nitrogens with two attached hydrogens (primary N) is 1. The average Bonchev–Trinajstić information content (AvgIpc) is 2.79. The number of benzene rings is 2. The number of rotatable bonds is 6. The first-order valence-electron chi connectivity index (χ1n) is 8.81. The fraction of sp³-hybridized carbons (Fsp3) is 0.200. The van der Waals surface area contributed by atoms with E-state index < -0.39 is 0 Å². The highest BCUT2D eigenvalue weighted by molar-refractivity contribution is 7.98. The number of fused-ring (bicyclic) bond motifs is 1. The molecule has 1 aliphatic heterocycles. The Kier molecular flexibility index (Phi) is 6.63. The van der Waals surface area contributed by atoms with E-state index in [1.54, 1.807) is 37.5 Å². The van der Waals surface area contributed by atoms with E-state index in [4.69, 9.17) is 14.6 Å². The van der Waals surface area contributed by atoms with Gasteiger partial charge in [0.2, 0.25) is 0 Å². The number of nitrogens with zero attached hydrogens (tertiary/aromatic N) is 2. The number of aliphatic imine (C=N–C) groups is 1. The third-order valence-electron chi connectivity index (χ3n) is 4.43. The van der Waals surface area contributed by atoms with Crippen LogP contribution >= 0.6 is 12.1 Å². The first-order valence-corrected chi connectivity index (χ1v) is 9.69. The summed E-state index contributed by atoms with van der Waals surface area (Å²) in [5.74, 6) is 1.10. The molecule has 0 radical (unpaired) electrons. The number of carbonyl (C=O) groups is 1. The average molecular weight is 414 g/mol. The lowest BCUT2D eigenvalue weighted by Gasteiger charge is -2.26. The van der Waals surface area contributed by atoms with E-state index in [0.717, 1.165) is 23.4 Å². The molecule has 2 aromatic carbocycles. The van der Waals surface area contributed by atoms with Crippen molar-refractivity contribution >= 4 is 41.5 Å². The number of amides is 2. The number of urea groups is 1. The third kappa shape index (κ3) is 4.64. The minimum atomic E-state index is -0.260. The zero-order valence-electron chi connectivity index (χ0n) is 16.3. The van der Waals surface area contributed by atoms with Crippen LogP contribution in [0, 0.1) is 0 Å². The smallest absolute Gasteiger partial charge is 0.322 e. The van der Waals surface area contributed by atoms with Gasteiger partial charge in [0.25, 0.3) is 0 Å². The largest absolute Gasteiger partial charge is 0.493 e. The Morgan fingerprint density at radius 1 is 1.24 bits per heavy atom. The summed E-state index contributed by atoms with van der Waals surface area (Å²) < 4.78 is 13.7. The second kappa shape index (κ2) is 9.35. The van der Waals surface area contributed by atoms with Crippen LogP contribution in [0.4, 0.5) is 16.2 Å². The Morgan fingerprint density at radius 3 is 2.59 bits per heavy atom. The number of methoxy groups -OCH3 is 2. The van der Waals surface area contributed by atoms with Crippen molar-refractivity contribution in [3.05, 3.63) is 54.1 Å². The molecule has 0 fully saturated rings. The van der Waals surface area contributed by atoms with Crippen LogP contribution < -0.4 is 24.7 Å². The van der Waals surface area contributed by atoms with Crippen molar-refractivity contribution in [1.82, 2.24) is 10.2 Å². The van der Waals surface area contributed by atoms with Crippen LogP contribution in [0.3, 0.4) is 0 Å². The van der Waals surface area contributed by atoms with Gasteiger partial charge in [-0.05, 0) is 23.8 Å². The summed E-state index contributed by atoms with van der Waals surface area (Å²) in [6, 6.07) is 11.0. The van der Waals surface area contributed by atoms with Gasteiger partial charge >= 0.3 is 6.03 Å². The monoisotopic (exact) mass is 413 g/mol. The van der Waals surface area contributed by atoms with Crippen LogP contribution in [0.2, 0.25) is 0 Å². The van der Waals surface area contributed by atoms with Crippen molar-refractivity contribution in [3.8, 4) is 11.5 Å². The van der Waals surface area contributed by atoms with Crippen molar-refractivity contribution in [2.75, 3.05) is 25.5 Å². The summed E-state index contributed by atoms with van der Waals surface area (Å²) in [4.78, 5) is 18.8. The topological polar surface area (TPSA) is 101 Å². The molecule has 2 aromatic rings. The van der Waals surface area contributed by atoms with Crippen LogP contribution in [0.1, 0.15) is 11.1 Å². The molecule has 1 aliphatic rings. The Morgan fingerprint density at radius 2 is 1.93 bits per heavy atom. The van der Waals surface area contributed by atoms with E-state index in [0.29, 0.717) is 41.5 Å². The van der Waals surface area contributed by atoms with Crippen LogP contribution in [0.5, 0.6) is 11.5 Å². The molecule has 8 nitrogen and oxygen atoms in total. The maximum Gasteiger partial charge on any atom is 0.322 e. The number of carbonyl (C=O) groups excluding carboxylic acids is 1. The third-order valence-corrected chi connectivity index (χ3v) is 4.78. The van der Waals surface area contributed by atoms with Crippen molar-refractivity contribution in [2.24, 2.45) is 10.1 Å². The molecule has 0 saturated carbocycles. The fourth-order valence-corrected chi connectivity index (χ4v) is 3.21. The zero-order valence-corrected chi connectivity index (χ0v) is 17.1. The molecule has 1 heterocycles. The lowest BCUT2D eigenvalue weighted by molar-refractivity contribution is 0.218. The van der Waals surface area contributed by atoms with E-state index >= 15 is 0 Å². The van der Waals surface area contributed by atoms with Gasteiger partial charge in [-0.3, -0.25) is 15.0 Å². The Labute approximate surface area is 174 Å². The number of anilines is 1. The number of hydrogen-bond acceptors (Lipinski definition) is 7. The van der Waals surface area contributed by atoms with E-state index in [9.17, 15) is 4.79 Å². The quantitative estimate of drug-likeness (QED) is 0.626. The lowest BCUT2D eigenvalue weighted by atomic mass is 10.1. The molecule has 29 heavy (non-hydrogen) atoms. The van der Waals surface area contributed by atoms with Gasteiger partial charge in [0.1, 0.15) is 0 Å². The van der Waals surface area contributed by atoms with E-state index in [1.807, 2.05) is 24.3 Å². The minimum absolute atomic E-state index is 0.260. The molecule has 9 heteroatoms. The molecule has 0 aliphatic carbocycles. The molecule has 0 unspecified atom stereocenters. The van der Waals surface area contributed by atoms with Gasteiger partial charge in [-0.1, -0.05) is 18.7 Å². The molecule has 0 bridgehead atoms. The van der Waals surface area contributed by atoms with Crippen molar-refractivity contribution in [1.29, 1.82) is 0 Å². The lowest BCUT2D eigenvalue weighted by Crippen LogP contribution is -2.38. The van der Waals surface area contributed by atoms with Crippen LogP contribution in [0.15, 0.2) is 48.0 Å². The van der Waals surface area contributed by atoms with Crippen LogP contribution in [0.25, 0.3) is 5.70 Å². The molecule has 4 N–H and O–H groups in total. The maximum absolute atomic E-state index is 12.8. The molecular weight excluding hydrogens is 390 g/mol. The SMILES string of the molecule is C=C1c2cc(OC)c(OC)cc2N=CCNC(=O)N1Cc1ccc(NSN)cc1. The minimum Gasteiger partial charge on any atom is -0.493 e. The normalized spacial score (nSPS) is 13.7. The molecule has 152 valence electrons. The van der Waals surface area contributed by atoms with Crippen LogP contribution in [-0.4, -0.2) is 37.9 Å². The molecule has 0 saturated heterocycles. The van der Waals surface area contributed by atoms with Gasteiger partial charge in [0.15, 0.2) is 11.5 Å². The van der Waals surface area contributed by atoms with E-state index in [1.165, 1.54) is 0 Å². The van der Waals surface area contributed by atoms with Gasteiger partial charge in [-0.15, -0.1) is 0 Å². The Bertz CT molecular complexity index is 930. The zero-order chi connectivity index (χ0) is 20.8. The molecule has 0 aromatic heterocycles. The summed E-state index contributed by atoms with van der Waals surface area (Å²) in [6.45, 7) is 4.81. The Balaban J connectivity index is 1.97. The summed E-state index contributed by atoms with van der Waals surface area (Å²) >= 11 is 1.03. The highest BCUT2D eigenvalue weighted by atomic mass is 32.2. The number of ether oxygens (including phenoxy) is 2. The first-order chi connectivity index (χ1) is 14.1. The summed E-state index contributed by atoms with van der Waals surface area (Å²) in [5, 5.41) is 8.25. The Hall–Kier alpha value is -3.17. The van der Waals surface area contributed by atoms with Gasteiger partial charge in [0.05, 0.1) is 33.0 Å². The standard InChI is InChI=1S/C20H23N5O3S/c1-13-16-10-18(27-2)19(28-3)11-17(16)22-8-9-23-20(26)25(13)12-14-4-6-15(7-5-14)24-29-21/h4-8,10-11,24H,1,9,12,21H2,2-3H3,(H,23,26). The van der Waals surface area contributed by atoms with E-state index in [-0.39, 0.29) is 6.03 Å². The molecule has 0 atom stereocenters. The van der Waals surface area contributed by atoms with Crippen molar-refractivity contribution < 1.29 is 14.3 Å².